The lowest BCUT2D eigenvalue weighted by molar-refractivity contribution is 0.0948. The number of pyridine rings is 1. The topological polar surface area (TPSA) is 68.2 Å². The van der Waals surface area contributed by atoms with E-state index in [2.05, 4.69) is 5.32 Å². The number of nitrogens with zero attached hydrogens (tertiary/aromatic N) is 1. The summed E-state index contributed by atoms with van der Waals surface area (Å²) in [5.74, 6) is -0.439. The molecule has 0 aliphatic carbocycles. The first kappa shape index (κ1) is 16.4. The summed E-state index contributed by atoms with van der Waals surface area (Å²) in [6.07, 6.45) is 1.60. The monoisotopic (exact) mass is 358 g/mol. The summed E-state index contributed by atoms with van der Waals surface area (Å²) < 4.78 is 1.36. The Hall–Kier alpha value is -2.51. The SMILES string of the molecule is Cn1cccc(C(=O)NCc2ccc(C(=O)c3ccsc3)s2)c1=O. The normalized spacial score (nSPS) is 10.5. The third-order valence-corrected chi connectivity index (χ3v) is 5.23. The summed E-state index contributed by atoms with van der Waals surface area (Å²) in [7, 11) is 1.60. The molecule has 3 rings (SSSR count). The Balaban J connectivity index is 1.67. The van der Waals surface area contributed by atoms with Crippen molar-refractivity contribution in [2.75, 3.05) is 0 Å². The van der Waals surface area contributed by atoms with Gasteiger partial charge in [-0.25, -0.2) is 0 Å². The van der Waals surface area contributed by atoms with Crippen molar-refractivity contribution in [3.05, 3.63) is 78.5 Å². The molecule has 0 aromatic carbocycles. The van der Waals surface area contributed by atoms with Crippen LogP contribution in [0.15, 0.2) is 52.1 Å². The number of hydrogen-bond donors (Lipinski definition) is 1. The van der Waals surface area contributed by atoms with Crippen molar-refractivity contribution in [3.8, 4) is 0 Å². The zero-order chi connectivity index (χ0) is 17.1. The van der Waals surface area contributed by atoms with E-state index in [1.807, 2.05) is 16.8 Å². The summed E-state index contributed by atoms with van der Waals surface area (Å²) >= 11 is 2.82. The molecule has 5 nitrogen and oxygen atoms in total. The Morgan fingerprint density at radius 2 is 2.04 bits per heavy atom. The highest BCUT2D eigenvalue weighted by Crippen LogP contribution is 2.21. The van der Waals surface area contributed by atoms with Crippen molar-refractivity contribution in [2.45, 2.75) is 6.54 Å². The van der Waals surface area contributed by atoms with Gasteiger partial charge in [-0.3, -0.25) is 14.4 Å². The third-order valence-electron chi connectivity index (χ3n) is 3.46. The summed E-state index contributed by atoms with van der Waals surface area (Å²) in [4.78, 5) is 37.8. The van der Waals surface area contributed by atoms with Crippen LogP contribution in [0.1, 0.15) is 30.5 Å². The van der Waals surface area contributed by atoms with Crippen molar-refractivity contribution >= 4 is 34.4 Å². The van der Waals surface area contributed by atoms with E-state index in [4.69, 9.17) is 0 Å². The first-order valence-corrected chi connectivity index (χ1v) is 8.91. The van der Waals surface area contributed by atoms with E-state index in [-0.39, 0.29) is 23.5 Å². The highest BCUT2D eigenvalue weighted by atomic mass is 32.1. The molecule has 1 amide bonds. The van der Waals surface area contributed by atoms with Gasteiger partial charge in [-0.05, 0) is 35.7 Å². The fourth-order valence-electron chi connectivity index (χ4n) is 2.16. The molecule has 1 N–H and O–H groups in total. The largest absolute Gasteiger partial charge is 0.347 e. The smallest absolute Gasteiger partial charge is 0.263 e. The maximum Gasteiger partial charge on any atom is 0.263 e. The molecular formula is C17H14N2O3S2. The third kappa shape index (κ3) is 3.37. The summed E-state index contributed by atoms with van der Waals surface area (Å²) in [5.41, 5.74) is 0.436. The molecule has 0 aliphatic heterocycles. The first-order valence-electron chi connectivity index (χ1n) is 7.15. The zero-order valence-electron chi connectivity index (χ0n) is 12.8. The molecule has 0 saturated heterocycles. The first-order chi connectivity index (χ1) is 11.6. The van der Waals surface area contributed by atoms with Crippen LogP contribution in [0.3, 0.4) is 0 Å². The van der Waals surface area contributed by atoms with Gasteiger partial charge in [0.25, 0.3) is 11.5 Å². The Bertz CT molecular complexity index is 939. The quantitative estimate of drug-likeness (QED) is 0.713. The highest BCUT2D eigenvalue weighted by Gasteiger charge is 2.14. The predicted octanol–water partition coefficient (Wildman–Crippen LogP) is 2.67. The van der Waals surface area contributed by atoms with Crippen molar-refractivity contribution in [3.63, 3.8) is 0 Å². The molecule has 3 aromatic rings. The number of thiophene rings is 2. The Labute approximate surface area is 146 Å². The van der Waals surface area contributed by atoms with Crippen LogP contribution in [0.25, 0.3) is 0 Å². The van der Waals surface area contributed by atoms with E-state index >= 15 is 0 Å². The van der Waals surface area contributed by atoms with E-state index in [0.717, 1.165) is 4.88 Å². The van der Waals surface area contributed by atoms with Gasteiger partial charge in [-0.15, -0.1) is 11.3 Å². The number of carbonyl (C=O) groups is 2. The number of aromatic nitrogens is 1. The Morgan fingerprint density at radius 1 is 1.21 bits per heavy atom. The molecule has 0 fully saturated rings. The Kier molecular flexibility index (Phi) is 4.73. The minimum Gasteiger partial charge on any atom is -0.347 e. The van der Waals surface area contributed by atoms with Gasteiger partial charge in [-0.1, -0.05) is 0 Å². The molecule has 0 spiro atoms. The van der Waals surface area contributed by atoms with Gasteiger partial charge in [-0.2, -0.15) is 11.3 Å². The standard InChI is InChI=1S/C17H14N2O3S2/c1-19-7-2-3-13(17(19)22)16(21)18-9-12-4-5-14(24-12)15(20)11-6-8-23-10-11/h2-8,10H,9H2,1H3,(H,18,21). The minimum atomic E-state index is -0.421. The average molecular weight is 358 g/mol. The van der Waals surface area contributed by atoms with Crippen LogP contribution in [0.5, 0.6) is 0 Å². The summed E-state index contributed by atoms with van der Waals surface area (Å²) in [6, 6.07) is 8.51. The zero-order valence-corrected chi connectivity index (χ0v) is 14.4. The number of nitrogens with one attached hydrogen (secondary N) is 1. The van der Waals surface area contributed by atoms with Crippen LogP contribution in [-0.4, -0.2) is 16.3 Å². The second-order valence-electron chi connectivity index (χ2n) is 5.13. The molecule has 0 unspecified atom stereocenters. The van der Waals surface area contributed by atoms with Gasteiger partial charge in [0.05, 0.1) is 11.4 Å². The molecule has 3 heterocycles. The molecule has 0 bridgehead atoms. The van der Waals surface area contributed by atoms with Crippen LogP contribution >= 0.6 is 22.7 Å². The Morgan fingerprint density at radius 3 is 2.79 bits per heavy atom. The summed E-state index contributed by atoms with van der Waals surface area (Å²) in [6.45, 7) is 0.276. The molecule has 24 heavy (non-hydrogen) atoms. The number of rotatable bonds is 5. The van der Waals surface area contributed by atoms with E-state index in [9.17, 15) is 14.4 Å². The van der Waals surface area contributed by atoms with Gasteiger partial charge < -0.3 is 9.88 Å². The van der Waals surface area contributed by atoms with Crippen LogP contribution in [-0.2, 0) is 13.6 Å². The van der Waals surface area contributed by atoms with Crippen LogP contribution in [0.2, 0.25) is 0 Å². The molecule has 0 saturated carbocycles. The lowest BCUT2D eigenvalue weighted by atomic mass is 10.2. The number of amides is 1. The fourth-order valence-corrected chi connectivity index (χ4v) is 3.71. The van der Waals surface area contributed by atoms with Crippen LogP contribution in [0.4, 0.5) is 0 Å². The van der Waals surface area contributed by atoms with Gasteiger partial charge in [0.15, 0.2) is 0 Å². The average Bonchev–Trinajstić information content (AvgIpc) is 3.26. The number of ketones is 1. The lowest BCUT2D eigenvalue weighted by Crippen LogP contribution is -2.31. The second-order valence-corrected chi connectivity index (χ2v) is 7.08. The van der Waals surface area contributed by atoms with Crippen molar-refractivity contribution in [2.24, 2.45) is 7.05 Å². The van der Waals surface area contributed by atoms with Gasteiger partial charge >= 0.3 is 0 Å². The number of carbonyl (C=O) groups excluding carboxylic acids is 2. The highest BCUT2D eigenvalue weighted by molar-refractivity contribution is 7.14. The molecule has 0 radical (unpaired) electrons. The number of aryl methyl sites for hydroxylation is 1. The second kappa shape index (κ2) is 6.94. The fraction of sp³-hybridized carbons (Fsp3) is 0.118. The van der Waals surface area contributed by atoms with E-state index in [1.54, 1.807) is 31.4 Å². The molecular weight excluding hydrogens is 344 g/mol. The lowest BCUT2D eigenvalue weighted by Gasteiger charge is -2.04. The van der Waals surface area contributed by atoms with Crippen molar-refractivity contribution in [1.29, 1.82) is 0 Å². The van der Waals surface area contributed by atoms with Crippen molar-refractivity contribution < 1.29 is 9.59 Å². The predicted molar refractivity (Wildman–Crippen MR) is 94.9 cm³/mol. The maximum absolute atomic E-state index is 12.2. The van der Waals surface area contributed by atoms with Gasteiger partial charge in [0.1, 0.15) is 5.56 Å². The molecule has 0 aliphatic rings. The van der Waals surface area contributed by atoms with E-state index in [0.29, 0.717) is 10.4 Å². The van der Waals surface area contributed by atoms with Gasteiger partial charge in [0, 0.05) is 29.1 Å². The van der Waals surface area contributed by atoms with E-state index < -0.39 is 5.91 Å². The molecule has 122 valence electrons. The van der Waals surface area contributed by atoms with Gasteiger partial charge in [0.2, 0.25) is 5.78 Å². The molecule has 0 atom stereocenters. The molecule has 3 aromatic heterocycles. The summed E-state index contributed by atoms with van der Waals surface area (Å²) in [5, 5.41) is 6.40. The molecule has 7 heteroatoms. The maximum atomic E-state index is 12.2. The van der Waals surface area contributed by atoms with Crippen molar-refractivity contribution in [1.82, 2.24) is 9.88 Å². The van der Waals surface area contributed by atoms with E-state index in [1.165, 1.54) is 33.3 Å². The number of hydrogen-bond acceptors (Lipinski definition) is 5. The van der Waals surface area contributed by atoms with Crippen LogP contribution < -0.4 is 10.9 Å². The van der Waals surface area contributed by atoms with Crippen LogP contribution in [0, 0.1) is 0 Å². The minimum absolute atomic E-state index is 0.0178.